The number of aliphatic hydroxyl groups excluding tert-OH is 2. The minimum absolute atomic E-state index is 0.0833. The summed E-state index contributed by atoms with van der Waals surface area (Å²) in [5, 5.41) is 22.1. The van der Waals surface area contributed by atoms with Gasteiger partial charge in [0.2, 0.25) is 0 Å². The average Bonchev–Trinajstić information content (AvgIpc) is 2.92. The summed E-state index contributed by atoms with van der Waals surface area (Å²) in [5.74, 6) is 0. The molecule has 5 nitrogen and oxygen atoms in total. The normalized spacial score (nSPS) is 28.1. The first-order valence-electron chi connectivity index (χ1n) is 9.12. The molecule has 3 N–H and O–H groups in total. The second-order valence-corrected chi connectivity index (χ2v) is 8.51. The highest BCUT2D eigenvalue weighted by Crippen LogP contribution is 2.37. The Morgan fingerprint density at radius 2 is 2.00 bits per heavy atom. The lowest BCUT2D eigenvalue weighted by Crippen LogP contribution is -2.48. The number of nitrogens with zero attached hydrogens (tertiary/aromatic N) is 2. The molecule has 2 heterocycles. The summed E-state index contributed by atoms with van der Waals surface area (Å²) in [6, 6.07) is 0.187. The van der Waals surface area contributed by atoms with Gasteiger partial charge in [0.1, 0.15) is 10.6 Å². The van der Waals surface area contributed by atoms with E-state index in [1.165, 1.54) is 4.90 Å². The van der Waals surface area contributed by atoms with Crippen LogP contribution in [0.4, 0.5) is 13.2 Å². The van der Waals surface area contributed by atoms with E-state index in [1.54, 1.807) is 6.08 Å². The van der Waals surface area contributed by atoms with Gasteiger partial charge in [-0.1, -0.05) is 34.7 Å². The highest BCUT2D eigenvalue weighted by Gasteiger charge is 2.39. The van der Waals surface area contributed by atoms with Crippen molar-refractivity contribution in [3.8, 4) is 0 Å². The molecule has 1 aliphatic carbocycles. The Bertz CT molecular complexity index is 615. The monoisotopic (exact) mass is 499 g/mol. The van der Waals surface area contributed by atoms with E-state index in [4.69, 9.17) is 5.11 Å². The zero-order chi connectivity index (χ0) is 19.6. The molecule has 3 rings (SSSR count). The predicted octanol–water partition coefficient (Wildman–Crippen LogP) is 1.78. The van der Waals surface area contributed by atoms with Crippen LogP contribution in [0.5, 0.6) is 0 Å². The van der Waals surface area contributed by atoms with Crippen molar-refractivity contribution >= 4 is 22.6 Å². The number of halogens is 4. The van der Waals surface area contributed by atoms with Crippen molar-refractivity contribution in [3.05, 3.63) is 35.6 Å². The van der Waals surface area contributed by atoms with Crippen LogP contribution in [0, 0.1) is 0 Å². The van der Waals surface area contributed by atoms with Gasteiger partial charge in [-0.15, -0.1) is 0 Å². The Labute approximate surface area is 170 Å². The van der Waals surface area contributed by atoms with Crippen LogP contribution in [-0.2, 0) is 0 Å². The van der Waals surface area contributed by atoms with Gasteiger partial charge in [-0.3, -0.25) is 0 Å². The molecule has 0 saturated carbocycles. The summed E-state index contributed by atoms with van der Waals surface area (Å²) < 4.78 is 38.4. The van der Waals surface area contributed by atoms with Gasteiger partial charge in [-0.2, -0.15) is 13.2 Å². The van der Waals surface area contributed by atoms with Crippen molar-refractivity contribution < 1.29 is 23.4 Å². The van der Waals surface area contributed by atoms with Crippen molar-refractivity contribution in [2.45, 2.75) is 41.3 Å². The van der Waals surface area contributed by atoms with Crippen molar-refractivity contribution in [1.82, 2.24) is 15.1 Å². The van der Waals surface area contributed by atoms with Crippen molar-refractivity contribution in [2.75, 3.05) is 32.8 Å². The number of nitrogens with one attached hydrogen (secondary N) is 1. The van der Waals surface area contributed by atoms with E-state index in [1.807, 2.05) is 40.8 Å². The maximum absolute atomic E-state index is 12.9. The van der Waals surface area contributed by atoms with Crippen molar-refractivity contribution in [3.63, 3.8) is 0 Å². The van der Waals surface area contributed by atoms with Crippen LogP contribution in [0.1, 0.15) is 12.8 Å². The number of fused-ring (bicyclic) bond motifs is 1. The highest BCUT2D eigenvalue weighted by molar-refractivity contribution is 14.1. The van der Waals surface area contributed by atoms with Crippen LogP contribution in [0.2, 0.25) is 0 Å². The van der Waals surface area contributed by atoms with Crippen LogP contribution < -0.4 is 5.32 Å². The van der Waals surface area contributed by atoms with E-state index < -0.39 is 18.8 Å². The fourth-order valence-corrected chi connectivity index (χ4v) is 4.73. The molecule has 152 valence electrons. The third-order valence-electron chi connectivity index (χ3n) is 5.14. The minimum Gasteiger partial charge on any atom is -0.394 e. The lowest BCUT2D eigenvalue weighted by atomic mass is 9.96. The number of allylic oxidation sites excluding steroid dienone is 2. The maximum atomic E-state index is 12.9. The first-order valence-corrected chi connectivity index (χ1v) is 10.4. The lowest BCUT2D eigenvalue weighted by molar-refractivity contribution is -0.140. The Hall–Kier alpha value is -0.620. The van der Waals surface area contributed by atoms with E-state index in [-0.39, 0.29) is 22.7 Å². The first-order chi connectivity index (χ1) is 12.8. The van der Waals surface area contributed by atoms with Crippen LogP contribution in [0.25, 0.3) is 0 Å². The minimum atomic E-state index is -4.23. The maximum Gasteiger partial charge on any atom is 0.405 e. The molecule has 0 bridgehead atoms. The van der Waals surface area contributed by atoms with Gasteiger partial charge < -0.3 is 25.3 Å². The third-order valence-corrected chi connectivity index (χ3v) is 6.18. The topological polar surface area (TPSA) is 59.0 Å². The average molecular weight is 499 g/mol. The second kappa shape index (κ2) is 8.81. The highest BCUT2D eigenvalue weighted by atomic mass is 127. The molecule has 3 unspecified atom stereocenters. The van der Waals surface area contributed by atoms with Gasteiger partial charge in [-0.05, 0) is 43.7 Å². The summed E-state index contributed by atoms with van der Waals surface area (Å²) in [4.78, 5) is 3.52. The SMILES string of the molecule is OCC(O)CN1CCC(NC2C=CC=C3C2=CC(I)N3CC(F)(F)F)CC1. The van der Waals surface area contributed by atoms with Crippen molar-refractivity contribution in [2.24, 2.45) is 0 Å². The molecule has 0 radical (unpaired) electrons. The molecule has 0 spiro atoms. The summed E-state index contributed by atoms with van der Waals surface area (Å²) >= 11 is 2.04. The van der Waals surface area contributed by atoms with Gasteiger partial charge in [-0.25, -0.2) is 0 Å². The number of hydrogen-bond acceptors (Lipinski definition) is 5. The molecule has 2 aliphatic heterocycles. The van der Waals surface area contributed by atoms with E-state index in [2.05, 4.69) is 10.2 Å². The van der Waals surface area contributed by atoms with Gasteiger partial charge in [0.05, 0.1) is 18.8 Å². The number of alkyl halides is 4. The fourth-order valence-electron chi connectivity index (χ4n) is 3.84. The van der Waals surface area contributed by atoms with Crippen LogP contribution in [-0.4, -0.2) is 81.2 Å². The molecule has 3 atom stereocenters. The van der Waals surface area contributed by atoms with Crippen LogP contribution >= 0.6 is 22.6 Å². The second-order valence-electron chi connectivity index (χ2n) is 7.23. The molecule has 3 aliphatic rings. The third kappa shape index (κ3) is 5.47. The first kappa shape index (κ1) is 21.1. The molecule has 0 aromatic carbocycles. The lowest BCUT2D eigenvalue weighted by Gasteiger charge is -2.36. The molecule has 1 fully saturated rings. The zero-order valence-electron chi connectivity index (χ0n) is 14.9. The summed E-state index contributed by atoms with van der Waals surface area (Å²) in [7, 11) is 0. The van der Waals surface area contributed by atoms with Gasteiger partial charge in [0, 0.05) is 18.3 Å². The van der Waals surface area contributed by atoms with E-state index in [0.29, 0.717) is 12.2 Å². The molecule has 27 heavy (non-hydrogen) atoms. The summed E-state index contributed by atoms with van der Waals surface area (Å²) in [6.45, 7) is 0.927. The molecule has 0 aromatic heterocycles. The van der Waals surface area contributed by atoms with E-state index >= 15 is 0 Å². The number of aliphatic hydroxyl groups is 2. The number of likely N-dealkylation sites (tertiary alicyclic amines) is 1. The number of rotatable bonds is 6. The summed E-state index contributed by atoms with van der Waals surface area (Å²) in [5.41, 5.74) is 1.56. The molecular weight excluding hydrogens is 474 g/mol. The standard InChI is InChI=1S/C18H25F3IN3O2/c19-18(20,21)11-25-16-3-1-2-15(14(16)8-17(25)22)23-12-4-6-24(7-5-12)9-13(27)10-26/h1-3,8,12-13,15,17,23,26-27H,4-7,9-11H2. The molecular formula is C18H25F3IN3O2. The van der Waals surface area contributed by atoms with Gasteiger partial charge in [0.25, 0.3) is 0 Å². The quantitative estimate of drug-likeness (QED) is 0.296. The van der Waals surface area contributed by atoms with Crippen LogP contribution in [0.3, 0.4) is 0 Å². The molecule has 9 heteroatoms. The van der Waals surface area contributed by atoms with Gasteiger partial charge in [0.15, 0.2) is 0 Å². The Balaban J connectivity index is 1.56. The Kier molecular flexibility index (Phi) is 6.88. The molecule has 0 amide bonds. The van der Waals surface area contributed by atoms with Crippen LogP contribution in [0.15, 0.2) is 35.6 Å². The predicted molar refractivity (Wildman–Crippen MR) is 105 cm³/mol. The van der Waals surface area contributed by atoms with E-state index in [9.17, 15) is 18.3 Å². The molecule has 0 aromatic rings. The number of hydrogen-bond donors (Lipinski definition) is 3. The largest absolute Gasteiger partial charge is 0.405 e. The smallest absolute Gasteiger partial charge is 0.394 e. The zero-order valence-corrected chi connectivity index (χ0v) is 17.0. The Morgan fingerprint density at radius 3 is 2.63 bits per heavy atom. The van der Waals surface area contributed by atoms with Crippen molar-refractivity contribution in [1.29, 1.82) is 0 Å². The molecule has 1 saturated heterocycles. The van der Waals surface area contributed by atoms with Gasteiger partial charge >= 0.3 is 6.18 Å². The number of β-amino-alcohol motifs (C(OH)–C–C–N with tert-alkyl or cyclic N) is 1. The van der Waals surface area contributed by atoms with E-state index in [0.717, 1.165) is 31.5 Å². The summed E-state index contributed by atoms with van der Waals surface area (Å²) in [6.07, 6.45) is 4.34. The Morgan fingerprint density at radius 1 is 1.30 bits per heavy atom. The number of piperidine rings is 1. The fraction of sp³-hybridized carbons (Fsp3) is 0.667.